The van der Waals surface area contributed by atoms with Crippen molar-refractivity contribution >= 4 is 26.3 Å². The van der Waals surface area contributed by atoms with E-state index in [0.29, 0.717) is 13.0 Å². The van der Waals surface area contributed by atoms with Gasteiger partial charge in [0.05, 0.1) is 19.3 Å². The number of benzene rings is 1. The zero-order chi connectivity index (χ0) is 25.1. The molecule has 1 aromatic carbocycles. The van der Waals surface area contributed by atoms with E-state index in [2.05, 4.69) is 33.9 Å². The zero-order valence-corrected chi connectivity index (χ0v) is 22.0. The van der Waals surface area contributed by atoms with Crippen LogP contribution in [0, 0.1) is 0 Å². The van der Waals surface area contributed by atoms with E-state index in [1.807, 2.05) is 30.3 Å². The second-order valence-electron chi connectivity index (χ2n) is 9.48. The molecule has 0 aromatic heterocycles. The van der Waals surface area contributed by atoms with Gasteiger partial charge in [-0.1, -0.05) is 51.1 Å². The Balaban J connectivity index is 2.94. The average molecular weight is 482 g/mol. The molecule has 0 saturated heterocycles. The summed E-state index contributed by atoms with van der Waals surface area (Å²) in [5.41, 5.74) is 0.875. The van der Waals surface area contributed by atoms with E-state index in [1.54, 1.807) is 0 Å². The van der Waals surface area contributed by atoms with Gasteiger partial charge in [0.1, 0.15) is 13.2 Å². The number of carbonyl (C=O) groups is 3. The maximum atomic E-state index is 12.9. The molecule has 0 aliphatic heterocycles. The third kappa shape index (κ3) is 11.3. The molecule has 0 bridgehead atoms. The smallest absolute Gasteiger partial charge is 0.410 e. The first-order valence-electron chi connectivity index (χ1n) is 11.2. The van der Waals surface area contributed by atoms with Crippen molar-refractivity contribution in [2.24, 2.45) is 0 Å². The first kappa shape index (κ1) is 28.6. The van der Waals surface area contributed by atoms with Crippen LogP contribution < -0.4 is 0 Å². The summed E-state index contributed by atoms with van der Waals surface area (Å²) >= 11 is 0. The average Bonchev–Trinajstić information content (AvgIpc) is 2.71. The van der Waals surface area contributed by atoms with Crippen LogP contribution in [0.3, 0.4) is 0 Å². The number of hydrogen-bond acceptors (Lipinski definition) is 7. The lowest BCUT2D eigenvalue weighted by Gasteiger charge is -2.40. The van der Waals surface area contributed by atoms with Crippen LogP contribution in [-0.4, -0.2) is 63.7 Å². The molecule has 1 atom stereocenters. The molecule has 1 amide bonds. The molecule has 0 heterocycles. The van der Waals surface area contributed by atoms with E-state index in [1.165, 1.54) is 18.7 Å². The van der Waals surface area contributed by atoms with Crippen LogP contribution in [0.15, 0.2) is 30.3 Å². The topological polar surface area (TPSA) is 91.4 Å². The van der Waals surface area contributed by atoms with Crippen molar-refractivity contribution < 1.29 is 33.0 Å². The summed E-state index contributed by atoms with van der Waals surface area (Å²) < 4.78 is 22.2. The fourth-order valence-corrected chi connectivity index (χ4v) is 4.04. The van der Waals surface area contributed by atoms with Gasteiger partial charge in [0, 0.05) is 20.4 Å². The number of amides is 1. The fraction of sp³-hybridized carbons (Fsp3) is 0.625. The van der Waals surface area contributed by atoms with Crippen LogP contribution in [0.5, 0.6) is 0 Å². The lowest BCUT2D eigenvalue weighted by atomic mass is 10.2. The predicted molar refractivity (Wildman–Crippen MR) is 128 cm³/mol. The van der Waals surface area contributed by atoms with Crippen LogP contribution in [0.4, 0.5) is 4.79 Å². The van der Waals surface area contributed by atoms with Crippen molar-refractivity contribution in [1.82, 2.24) is 4.90 Å². The molecule has 0 N–H and O–H groups in total. The van der Waals surface area contributed by atoms with E-state index in [-0.39, 0.29) is 37.4 Å². The lowest BCUT2D eigenvalue weighted by molar-refractivity contribution is -0.143. The molecule has 0 spiro atoms. The summed E-state index contributed by atoms with van der Waals surface area (Å²) in [5.74, 6) is -0.783. The van der Waals surface area contributed by atoms with Crippen LogP contribution in [-0.2, 0) is 34.8 Å². The maximum absolute atomic E-state index is 12.9. The van der Waals surface area contributed by atoms with Crippen molar-refractivity contribution in [2.45, 2.75) is 71.9 Å². The quantitative estimate of drug-likeness (QED) is 0.187. The Kier molecular flexibility index (Phi) is 11.6. The van der Waals surface area contributed by atoms with Crippen molar-refractivity contribution in [3.8, 4) is 0 Å². The van der Waals surface area contributed by atoms with Gasteiger partial charge in [0.25, 0.3) is 0 Å². The van der Waals surface area contributed by atoms with Crippen LogP contribution in [0.25, 0.3) is 0 Å². The van der Waals surface area contributed by atoms with Gasteiger partial charge < -0.3 is 23.5 Å². The van der Waals surface area contributed by atoms with Crippen molar-refractivity contribution in [1.29, 1.82) is 0 Å². The summed E-state index contributed by atoms with van der Waals surface area (Å²) in [5, 5.41) is -0.0601. The number of carbonyl (C=O) groups excluding carboxylic acids is 3. The molecular formula is C24H39NO7Si. The Labute approximate surface area is 198 Å². The first-order chi connectivity index (χ1) is 15.3. The number of nitrogens with zero attached hydrogens (tertiary/aromatic N) is 1. The van der Waals surface area contributed by atoms with Gasteiger partial charge >= 0.3 is 18.0 Å². The van der Waals surface area contributed by atoms with Crippen molar-refractivity contribution in [2.75, 3.05) is 26.3 Å². The highest BCUT2D eigenvalue weighted by molar-refractivity contribution is 6.74. The Morgan fingerprint density at radius 3 is 2.12 bits per heavy atom. The largest absolute Gasteiger partial charge is 0.466 e. The summed E-state index contributed by atoms with van der Waals surface area (Å²) in [4.78, 5) is 37.0. The standard InChI is InChI=1S/C24H39NO7Si/c1-19(26)29-15-11-14-25(23(28)31-17-21-12-9-8-10-13-21)16-22(18-30-20(2)27)32-33(6,7)24(3,4)5/h8-10,12-13,22H,11,14-18H2,1-7H3/t22-/m1/s1. The summed E-state index contributed by atoms with van der Waals surface area (Å²) in [6.07, 6.45) is -0.568. The molecule has 0 radical (unpaired) electrons. The van der Waals surface area contributed by atoms with Gasteiger partial charge in [-0.25, -0.2) is 4.79 Å². The fourth-order valence-electron chi connectivity index (χ4n) is 2.71. The molecule has 0 aliphatic carbocycles. The minimum atomic E-state index is -2.21. The predicted octanol–water partition coefficient (Wildman–Crippen LogP) is 4.53. The molecule has 186 valence electrons. The molecule has 33 heavy (non-hydrogen) atoms. The van der Waals surface area contributed by atoms with E-state index in [0.717, 1.165) is 5.56 Å². The van der Waals surface area contributed by atoms with Crippen LogP contribution in [0.1, 0.15) is 46.6 Å². The molecule has 0 aliphatic rings. The number of rotatable bonds is 12. The Morgan fingerprint density at radius 1 is 0.970 bits per heavy atom. The molecule has 1 aromatic rings. The highest BCUT2D eigenvalue weighted by atomic mass is 28.4. The van der Waals surface area contributed by atoms with Crippen LogP contribution in [0.2, 0.25) is 18.1 Å². The van der Waals surface area contributed by atoms with E-state index in [9.17, 15) is 14.4 Å². The normalized spacial score (nSPS) is 12.6. The van der Waals surface area contributed by atoms with E-state index in [4.69, 9.17) is 18.6 Å². The second kappa shape index (κ2) is 13.3. The number of hydrogen-bond donors (Lipinski definition) is 0. The SMILES string of the molecule is CC(=O)OCCCN(C[C@H](COC(C)=O)O[Si](C)(C)C(C)(C)C)C(=O)OCc1ccccc1. The number of ether oxygens (including phenoxy) is 3. The molecule has 0 saturated carbocycles. The highest BCUT2D eigenvalue weighted by Gasteiger charge is 2.40. The number of esters is 2. The second-order valence-corrected chi connectivity index (χ2v) is 14.2. The third-order valence-corrected chi connectivity index (χ3v) is 10.0. The molecule has 8 nitrogen and oxygen atoms in total. The highest BCUT2D eigenvalue weighted by Crippen LogP contribution is 2.37. The Hall–Kier alpha value is -2.39. The molecule has 0 unspecified atom stereocenters. The van der Waals surface area contributed by atoms with Crippen molar-refractivity contribution in [3.05, 3.63) is 35.9 Å². The maximum Gasteiger partial charge on any atom is 0.410 e. The summed E-state index contributed by atoms with van der Waals surface area (Å²) in [6.45, 7) is 14.1. The Morgan fingerprint density at radius 2 is 1.58 bits per heavy atom. The molecule has 1 rings (SSSR count). The van der Waals surface area contributed by atoms with Gasteiger partial charge in [-0.3, -0.25) is 9.59 Å². The molecule has 9 heteroatoms. The lowest BCUT2D eigenvalue weighted by Crippen LogP contribution is -2.49. The van der Waals surface area contributed by atoms with Gasteiger partial charge in [0.2, 0.25) is 0 Å². The van der Waals surface area contributed by atoms with Gasteiger partial charge in [0.15, 0.2) is 8.32 Å². The summed E-state index contributed by atoms with van der Waals surface area (Å²) in [7, 11) is -2.21. The van der Waals surface area contributed by atoms with E-state index < -0.39 is 26.5 Å². The van der Waals surface area contributed by atoms with Gasteiger partial charge in [-0.15, -0.1) is 0 Å². The van der Waals surface area contributed by atoms with Crippen molar-refractivity contribution in [3.63, 3.8) is 0 Å². The van der Waals surface area contributed by atoms with Gasteiger partial charge in [-0.2, -0.15) is 0 Å². The molecular weight excluding hydrogens is 442 g/mol. The minimum Gasteiger partial charge on any atom is -0.466 e. The third-order valence-electron chi connectivity index (χ3n) is 5.51. The Bertz CT molecular complexity index is 762. The van der Waals surface area contributed by atoms with E-state index >= 15 is 0 Å². The van der Waals surface area contributed by atoms with Gasteiger partial charge in [-0.05, 0) is 30.1 Å². The summed E-state index contributed by atoms with van der Waals surface area (Å²) in [6, 6.07) is 9.40. The molecule has 0 fully saturated rings. The monoisotopic (exact) mass is 481 g/mol. The van der Waals surface area contributed by atoms with Crippen LogP contribution >= 0.6 is 0 Å². The minimum absolute atomic E-state index is 0.0360. The first-order valence-corrected chi connectivity index (χ1v) is 14.1. The zero-order valence-electron chi connectivity index (χ0n) is 21.0.